The van der Waals surface area contributed by atoms with Crippen LogP contribution >= 0.6 is 0 Å². The maximum atomic E-state index is 13.2. The maximum absolute atomic E-state index is 13.2. The average Bonchev–Trinajstić information content (AvgIpc) is 3.16. The van der Waals surface area contributed by atoms with Crippen molar-refractivity contribution >= 4 is 41.2 Å². The van der Waals surface area contributed by atoms with Gasteiger partial charge in [-0.25, -0.2) is 0 Å². The first-order chi connectivity index (χ1) is 15.2. The fourth-order valence-corrected chi connectivity index (χ4v) is 8.45. The summed E-state index contributed by atoms with van der Waals surface area (Å²) >= 11 is 0.0834. The van der Waals surface area contributed by atoms with Crippen molar-refractivity contribution in [2.75, 3.05) is 20.0 Å². The summed E-state index contributed by atoms with van der Waals surface area (Å²) in [4.78, 5) is 25.7. The molecule has 0 amide bonds. The molecule has 0 N–H and O–H groups in total. The van der Waals surface area contributed by atoms with Crippen LogP contribution < -0.4 is 4.46 Å². The van der Waals surface area contributed by atoms with E-state index >= 15 is 0 Å². The predicted molar refractivity (Wildman–Crippen MR) is 123 cm³/mol. The Morgan fingerprint density at radius 2 is 1.50 bits per heavy atom. The van der Waals surface area contributed by atoms with Gasteiger partial charge in [-0.3, -0.25) is 0 Å². The van der Waals surface area contributed by atoms with Crippen molar-refractivity contribution in [3.05, 3.63) is 60.2 Å². The third-order valence-electron chi connectivity index (χ3n) is 6.06. The molecule has 1 saturated carbocycles. The van der Waals surface area contributed by atoms with Gasteiger partial charge in [0, 0.05) is 0 Å². The van der Waals surface area contributed by atoms with Crippen LogP contribution in [-0.4, -0.2) is 55.3 Å². The van der Waals surface area contributed by atoms with Gasteiger partial charge >= 0.3 is 196 Å². The van der Waals surface area contributed by atoms with Gasteiger partial charge < -0.3 is 0 Å². The molecular formula is C24H28O6SSe. The zero-order chi connectivity index (χ0) is 23.4. The van der Waals surface area contributed by atoms with Crippen molar-refractivity contribution in [2.45, 2.75) is 30.0 Å². The van der Waals surface area contributed by atoms with Crippen molar-refractivity contribution in [3.8, 4) is 0 Å². The molecule has 2 atom stereocenters. The Morgan fingerprint density at radius 3 is 2.06 bits per heavy atom. The summed E-state index contributed by atoms with van der Waals surface area (Å²) in [6, 6.07) is 16.7. The summed E-state index contributed by atoms with van der Waals surface area (Å²) in [6.07, 6.45) is 0.335. The van der Waals surface area contributed by atoms with Gasteiger partial charge in [-0.2, -0.15) is 0 Å². The fraction of sp³-hybridized carbons (Fsp3) is 0.417. The molecule has 3 rings (SSSR count). The Balaban J connectivity index is 1.90. The molecule has 2 aromatic rings. The zero-order valence-corrected chi connectivity index (χ0v) is 21.0. The average molecular weight is 524 g/mol. The molecule has 1 aliphatic carbocycles. The second-order valence-corrected chi connectivity index (χ2v) is 12.5. The van der Waals surface area contributed by atoms with E-state index in [1.807, 2.05) is 37.3 Å². The number of hydrogen-bond donors (Lipinski definition) is 0. The molecule has 0 bridgehead atoms. The first kappa shape index (κ1) is 24.5. The van der Waals surface area contributed by atoms with Gasteiger partial charge in [-0.15, -0.1) is 0 Å². The van der Waals surface area contributed by atoms with Crippen LogP contribution in [0, 0.1) is 24.2 Å². The molecule has 6 nitrogen and oxygen atoms in total. The van der Waals surface area contributed by atoms with E-state index < -0.39 is 27.2 Å². The van der Waals surface area contributed by atoms with Gasteiger partial charge in [-0.1, -0.05) is 0 Å². The summed E-state index contributed by atoms with van der Waals surface area (Å²) in [6.45, 7) is 1.90. The molecule has 0 aliphatic heterocycles. The summed E-state index contributed by atoms with van der Waals surface area (Å²) in [5.74, 6) is -1.91. The second kappa shape index (κ2) is 10.2. The Kier molecular flexibility index (Phi) is 7.80. The van der Waals surface area contributed by atoms with Crippen LogP contribution in [0.25, 0.3) is 0 Å². The number of rotatable bonds is 8. The Bertz CT molecular complexity index is 1030. The van der Waals surface area contributed by atoms with Crippen LogP contribution in [0.2, 0.25) is 5.32 Å². The summed E-state index contributed by atoms with van der Waals surface area (Å²) < 4.78 is 37.5. The van der Waals surface area contributed by atoms with E-state index in [1.54, 1.807) is 24.3 Å². The van der Waals surface area contributed by atoms with Crippen LogP contribution in [0.1, 0.15) is 18.4 Å². The first-order valence-corrected chi connectivity index (χ1v) is 14.1. The number of carbonyl (C=O) groups is 2. The minimum atomic E-state index is -3.59. The Hall–Kier alpha value is -2.15. The molecule has 0 heterocycles. The molecular weight excluding hydrogens is 495 g/mol. The van der Waals surface area contributed by atoms with Crippen LogP contribution in [0.4, 0.5) is 0 Å². The number of aryl methyl sites for hydroxylation is 1. The third-order valence-corrected chi connectivity index (χ3v) is 10.4. The van der Waals surface area contributed by atoms with E-state index in [-0.39, 0.29) is 50.3 Å². The molecule has 0 aromatic heterocycles. The van der Waals surface area contributed by atoms with E-state index in [2.05, 4.69) is 0 Å². The molecule has 0 radical (unpaired) electrons. The quantitative estimate of drug-likeness (QED) is 0.300. The minimum absolute atomic E-state index is 0.0834. The monoisotopic (exact) mass is 524 g/mol. The fourth-order valence-electron chi connectivity index (χ4n) is 4.35. The summed E-state index contributed by atoms with van der Waals surface area (Å²) in [5, 5.41) is 0.723. The topological polar surface area (TPSA) is 86.7 Å². The molecule has 172 valence electrons. The number of ether oxygens (including phenoxy) is 2. The van der Waals surface area contributed by atoms with Gasteiger partial charge in [0.2, 0.25) is 0 Å². The van der Waals surface area contributed by atoms with Gasteiger partial charge in [0.25, 0.3) is 0 Å². The standard InChI is InChI=1S/C24H28O6SSe/c1-17-9-11-20(12-10-17)31(27,28)15-18-13-24(22(25)29-2,23(26)30-3)14-19(18)16-32-21-7-5-4-6-8-21/h4-12,18-19H,13-16H2,1-3H3/t18-,19+/m1/s1. The van der Waals surface area contributed by atoms with E-state index in [9.17, 15) is 18.0 Å². The molecule has 2 aromatic carbocycles. The van der Waals surface area contributed by atoms with Crippen LogP contribution in [0.5, 0.6) is 0 Å². The van der Waals surface area contributed by atoms with Gasteiger partial charge in [0.15, 0.2) is 0 Å². The van der Waals surface area contributed by atoms with Crippen LogP contribution in [-0.2, 0) is 28.9 Å². The molecule has 8 heteroatoms. The molecule has 0 saturated heterocycles. The Morgan fingerprint density at radius 1 is 0.938 bits per heavy atom. The first-order valence-electron chi connectivity index (χ1n) is 10.4. The van der Waals surface area contributed by atoms with Gasteiger partial charge in [0.1, 0.15) is 0 Å². The van der Waals surface area contributed by atoms with Crippen molar-refractivity contribution in [1.29, 1.82) is 0 Å². The second-order valence-electron chi connectivity index (χ2n) is 8.21. The number of hydrogen-bond acceptors (Lipinski definition) is 6. The van der Waals surface area contributed by atoms with Crippen LogP contribution in [0.15, 0.2) is 59.5 Å². The van der Waals surface area contributed by atoms with Crippen LogP contribution in [0.3, 0.4) is 0 Å². The molecule has 1 fully saturated rings. The van der Waals surface area contributed by atoms with Crippen molar-refractivity contribution in [2.24, 2.45) is 17.3 Å². The summed E-state index contributed by atoms with van der Waals surface area (Å²) in [7, 11) is -1.10. The molecule has 0 spiro atoms. The summed E-state index contributed by atoms with van der Waals surface area (Å²) in [5.41, 5.74) is -0.488. The SMILES string of the molecule is COC(=O)C1(C(=O)OC)C[C@@H](C[Se]c2ccccc2)[C@@H](CS(=O)(=O)c2ccc(C)cc2)C1. The number of benzene rings is 2. The van der Waals surface area contributed by atoms with Crippen molar-refractivity contribution in [3.63, 3.8) is 0 Å². The number of methoxy groups -OCH3 is 2. The third kappa shape index (κ3) is 5.25. The number of sulfone groups is 1. The molecule has 32 heavy (non-hydrogen) atoms. The Labute approximate surface area is 195 Å². The number of carbonyl (C=O) groups excluding carboxylic acids is 2. The molecule has 0 unspecified atom stereocenters. The number of esters is 2. The van der Waals surface area contributed by atoms with Gasteiger partial charge in [-0.05, 0) is 0 Å². The van der Waals surface area contributed by atoms with Crippen molar-refractivity contribution in [1.82, 2.24) is 0 Å². The van der Waals surface area contributed by atoms with E-state index in [4.69, 9.17) is 9.47 Å². The molecule has 1 aliphatic rings. The van der Waals surface area contributed by atoms with E-state index in [1.165, 1.54) is 18.7 Å². The van der Waals surface area contributed by atoms with E-state index in [0.29, 0.717) is 0 Å². The zero-order valence-electron chi connectivity index (χ0n) is 18.4. The van der Waals surface area contributed by atoms with Gasteiger partial charge in [0.05, 0.1) is 0 Å². The predicted octanol–water partition coefficient (Wildman–Crippen LogP) is 2.58. The normalized spacial score (nSPS) is 20.0. The van der Waals surface area contributed by atoms with E-state index in [0.717, 1.165) is 10.9 Å². The van der Waals surface area contributed by atoms with Crippen molar-refractivity contribution < 1.29 is 27.5 Å².